The lowest BCUT2D eigenvalue weighted by atomic mass is 10.1. The molecule has 0 saturated carbocycles. The number of sulfonamides is 1. The maximum Gasteiger partial charge on any atom is 0.328 e. The summed E-state index contributed by atoms with van der Waals surface area (Å²) in [4.78, 5) is 10.4. The summed E-state index contributed by atoms with van der Waals surface area (Å²) >= 11 is 0. The highest BCUT2D eigenvalue weighted by Crippen LogP contribution is 2.08. The van der Waals surface area contributed by atoms with Crippen molar-refractivity contribution in [2.45, 2.75) is 20.4 Å². The first-order chi connectivity index (χ1) is 9.28. The van der Waals surface area contributed by atoms with E-state index < -0.39 is 16.0 Å². The molecule has 0 bridgehead atoms. The number of nitrogens with one attached hydrogen (secondary N) is 1. The van der Waals surface area contributed by atoms with Crippen LogP contribution < -0.4 is 4.72 Å². The lowest BCUT2D eigenvalue weighted by molar-refractivity contribution is -0.131. The third kappa shape index (κ3) is 6.49. The third-order valence-corrected chi connectivity index (χ3v) is 4.11. The van der Waals surface area contributed by atoms with E-state index in [9.17, 15) is 13.2 Å². The molecular formula is C14H19NO4S. The van der Waals surface area contributed by atoms with Crippen molar-refractivity contribution < 1.29 is 18.3 Å². The zero-order chi connectivity index (χ0) is 15.2. The molecule has 0 spiro atoms. The van der Waals surface area contributed by atoms with Crippen molar-refractivity contribution in [2.24, 2.45) is 5.92 Å². The van der Waals surface area contributed by atoms with Crippen LogP contribution in [-0.2, 0) is 21.4 Å². The molecule has 0 aliphatic heterocycles. The van der Waals surface area contributed by atoms with Crippen molar-refractivity contribution in [3.05, 3.63) is 41.5 Å². The van der Waals surface area contributed by atoms with Gasteiger partial charge in [0, 0.05) is 12.6 Å². The molecule has 0 radical (unpaired) electrons. The lowest BCUT2D eigenvalue weighted by Crippen LogP contribution is -2.28. The fourth-order valence-electron chi connectivity index (χ4n) is 1.67. The first-order valence-electron chi connectivity index (χ1n) is 6.26. The van der Waals surface area contributed by atoms with Gasteiger partial charge in [-0.2, -0.15) is 0 Å². The van der Waals surface area contributed by atoms with E-state index in [4.69, 9.17) is 5.11 Å². The fourth-order valence-corrected chi connectivity index (χ4v) is 3.05. The summed E-state index contributed by atoms with van der Waals surface area (Å²) in [6, 6.07) is 7.05. The molecule has 0 unspecified atom stereocenters. The van der Waals surface area contributed by atoms with Gasteiger partial charge in [0.2, 0.25) is 10.0 Å². The maximum absolute atomic E-state index is 11.7. The van der Waals surface area contributed by atoms with Crippen LogP contribution in [0, 0.1) is 5.92 Å². The topological polar surface area (TPSA) is 83.5 Å². The summed E-state index contributed by atoms with van der Waals surface area (Å²) in [5.74, 6) is -0.864. The van der Waals surface area contributed by atoms with Crippen molar-refractivity contribution in [3.63, 3.8) is 0 Å². The number of carboxylic acid groups (broad SMARTS) is 1. The smallest absolute Gasteiger partial charge is 0.328 e. The predicted octanol–water partition coefficient (Wildman–Crippen LogP) is 1.86. The zero-order valence-electron chi connectivity index (χ0n) is 11.5. The van der Waals surface area contributed by atoms with Gasteiger partial charge < -0.3 is 5.11 Å². The standard InChI is InChI=1S/C14H19NO4S/c1-11(2)10-20(18,19)15-9-13-5-3-4-12(8-13)6-7-14(16)17/h3-8,11,15H,9-10H2,1-2H3,(H,16,17). The molecule has 0 heterocycles. The molecule has 0 atom stereocenters. The molecule has 0 amide bonds. The molecule has 5 nitrogen and oxygen atoms in total. The number of hydrogen-bond acceptors (Lipinski definition) is 3. The molecule has 0 saturated heterocycles. The van der Waals surface area contributed by atoms with Gasteiger partial charge >= 0.3 is 5.97 Å². The average molecular weight is 297 g/mol. The van der Waals surface area contributed by atoms with Crippen LogP contribution in [-0.4, -0.2) is 25.2 Å². The van der Waals surface area contributed by atoms with Gasteiger partial charge in [-0.25, -0.2) is 17.9 Å². The number of hydrogen-bond donors (Lipinski definition) is 2. The first-order valence-corrected chi connectivity index (χ1v) is 7.91. The monoisotopic (exact) mass is 297 g/mol. The van der Waals surface area contributed by atoms with Gasteiger partial charge in [0.25, 0.3) is 0 Å². The minimum absolute atomic E-state index is 0.0670. The van der Waals surface area contributed by atoms with E-state index in [1.165, 1.54) is 6.08 Å². The number of carboxylic acids is 1. The normalized spacial score (nSPS) is 12.2. The third-order valence-electron chi connectivity index (χ3n) is 2.42. The Morgan fingerprint density at radius 3 is 2.70 bits per heavy atom. The molecule has 1 aromatic rings. The van der Waals surface area contributed by atoms with Gasteiger partial charge in [-0.15, -0.1) is 0 Å². The molecular weight excluding hydrogens is 278 g/mol. The molecule has 0 fully saturated rings. The molecule has 1 aromatic carbocycles. The van der Waals surface area contributed by atoms with Crippen LogP contribution in [0.5, 0.6) is 0 Å². The van der Waals surface area contributed by atoms with Crippen LogP contribution in [0.15, 0.2) is 30.3 Å². The predicted molar refractivity (Wildman–Crippen MR) is 78.6 cm³/mol. The molecule has 20 heavy (non-hydrogen) atoms. The second kappa shape index (κ2) is 7.21. The molecule has 6 heteroatoms. The average Bonchev–Trinajstić information content (AvgIpc) is 2.33. The second-order valence-corrected chi connectivity index (χ2v) is 6.76. The Hall–Kier alpha value is -1.66. The van der Waals surface area contributed by atoms with Crippen LogP contribution in [0.1, 0.15) is 25.0 Å². The largest absolute Gasteiger partial charge is 0.478 e. The molecule has 2 N–H and O–H groups in total. The van der Waals surface area contributed by atoms with Gasteiger partial charge in [0.1, 0.15) is 0 Å². The number of aliphatic carboxylic acids is 1. The van der Waals surface area contributed by atoms with Crippen LogP contribution in [0.4, 0.5) is 0 Å². The van der Waals surface area contributed by atoms with Crippen LogP contribution in [0.3, 0.4) is 0 Å². The van der Waals surface area contributed by atoms with Crippen LogP contribution in [0.2, 0.25) is 0 Å². The van der Waals surface area contributed by atoms with E-state index in [2.05, 4.69) is 4.72 Å². The van der Waals surface area contributed by atoms with Crippen molar-refractivity contribution in [2.75, 3.05) is 5.75 Å². The van der Waals surface area contributed by atoms with Crippen LogP contribution in [0.25, 0.3) is 6.08 Å². The molecule has 0 aliphatic carbocycles. The van der Waals surface area contributed by atoms with E-state index in [1.807, 2.05) is 13.8 Å². The SMILES string of the molecule is CC(C)CS(=O)(=O)NCc1cccc(C=CC(=O)O)c1. The second-order valence-electron chi connectivity index (χ2n) is 4.91. The Labute approximate surface area is 119 Å². The molecule has 0 aromatic heterocycles. The van der Waals surface area contributed by atoms with E-state index in [0.717, 1.165) is 11.6 Å². The molecule has 0 aliphatic rings. The molecule has 110 valence electrons. The highest BCUT2D eigenvalue weighted by atomic mass is 32.2. The van der Waals surface area contributed by atoms with Crippen LogP contribution >= 0.6 is 0 Å². The first kappa shape index (κ1) is 16.4. The van der Waals surface area contributed by atoms with Gasteiger partial charge in [0.15, 0.2) is 0 Å². The summed E-state index contributed by atoms with van der Waals surface area (Å²) in [5.41, 5.74) is 1.50. The highest BCUT2D eigenvalue weighted by molar-refractivity contribution is 7.89. The van der Waals surface area contributed by atoms with E-state index in [0.29, 0.717) is 5.56 Å². The lowest BCUT2D eigenvalue weighted by Gasteiger charge is -2.09. The van der Waals surface area contributed by atoms with Crippen molar-refractivity contribution in [3.8, 4) is 0 Å². The summed E-state index contributed by atoms with van der Waals surface area (Å²) in [6.45, 7) is 3.89. The Morgan fingerprint density at radius 1 is 1.40 bits per heavy atom. The quantitative estimate of drug-likeness (QED) is 0.752. The minimum atomic E-state index is -3.28. The van der Waals surface area contributed by atoms with Crippen molar-refractivity contribution in [1.82, 2.24) is 4.72 Å². The summed E-state index contributed by atoms with van der Waals surface area (Å²) in [5, 5.41) is 8.56. The number of rotatable bonds is 7. The Bertz CT molecular complexity index is 591. The van der Waals surface area contributed by atoms with Gasteiger partial charge in [-0.05, 0) is 23.1 Å². The van der Waals surface area contributed by atoms with Gasteiger partial charge in [0.05, 0.1) is 5.75 Å². The minimum Gasteiger partial charge on any atom is -0.478 e. The van der Waals surface area contributed by atoms with E-state index >= 15 is 0 Å². The van der Waals surface area contributed by atoms with Crippen molar-refractivity contribution in [1.29, 1.82) is 0 Å². The summed E-state index contributed by atoms with van der Waals surface area (Å²) in [6.07, 6.45) is 2.51. The Kier molecular flexibility index (Phi) is 5.91. The van der Waals surface area contributed by atoms with Crippen molar-refractivity contribution >= 4 is 22.1 Å². The fraction of sp³-hybridized carbons (Fsp3) is 0.357. The Morgan fingerprint density at radius 2 is 2.10 bits per heavy atom. The highest BCUT2D eigenvalue weighted by Gasteiger charge is 2.12. The Balaban J connectivity index is 2.70. The molecule has 1 rings (SSSR count). The van der Waals surface area contributed by atoms with E-state index in [1.54, 1.807) is 24.3 Å². The van der Waals surface area contributed by atoms with E-state index in [-0.39, 0.29) is 18.2 Å². The maximum atomic E-state index is 11.7. The number of benzene rings is 1. The zero-order valence-corrected chi connectivity index (χ0v) is 12.4. The summed E-state index contributed by atoms with van der Waals surface area (Å²) < 4.78 is 26.0. The van der Waals surface area contributed by atoms with Gasteiger partial charge in [-0.1, -0.05) is 38.1 Å². The van der Waals surface area contributed by atoms with Gasteiger partial charge in [-0.3, -0.25) is 0 Å². The summed E-state index contributed by atoms with van der Waals surface area (Å²) in [7, 11) is -3.28. The number of carbonyl (C=O) groups is 1.